The van der Waals surface area contributed by atoms with Gasteiger partial charge in [-0.15, -0.1) is 0 Å². The van der Waals surface area contributed by atoms with Crippen LogP contribution in [-0.4, -0.2) is 0 Å². The first-order valence-electron chi connectivity index (χ1n) is 8.15. The summed E-state index contributed by atoms with van der Waals surface area (Å²) < 4.78 is 0. The van der Waals surface area contributed by atoms with Gasteiger partial charge in [0.1, 0.15) is 0 Å². The summed E-state index contributed by atoms with van der Waals surface area (Å²) >= 11 is 0. The predicted molar refractivity (Wildman–Crippen MR) is 73.8 cm³/mol. The van der Waals surface area contributed by atoms with E-state index in [1.54, 1.807) is 25.7 Å². The van der Waals surface area contributed by atoms with E-state index in [2.05, 4.69) is 20.8 Å². The van der Waals surface area contributed by atoms with Crippen molar-refractivity contribution in [1.29, 1.82) is 0 Å². The molecule has 3 fully saturated rings. The van der Waals surface area contributed by atoms with Gasteiger partial charge in [0.25, 0.3) is 0 Å². The summed E-state index contributed by atoms with van der Waals surface area (Å²) in [6.07, 6.45) is 12.3. The minimum absolute atomic E-state index is 0.677. The van der Waals surface area contributed by atoms with Crippen LogP contribution in [0.15, 0.2) is 0 Å². The van der Waals surface area contributed by atoms with E-state index >= 15 is 0 Å². The lowest BCUT2D eigenvalue weighted by Gasteiger charge is -2.44. The highest BCUT2D eigenvalue weighted by molar-refractivity contribution is 5.06. The summed E-state index contributed by atoms with van der Waals surface area (Å²) in [5, 5.41) is 0. The zero-order valence-electron chi connectivity index (χ0n) is 12.0. The first-order valence-corrected chi connectivity index (χ1v) is 8.15. The minimum Gasteiger partial charge on any atom is -0.0622 e. The van der Waals surface area contributed by atoms with E-state index in [1.165, 1.54) is 25.7 Å². The quantitative estimate of drug-likeness (QED) is 0.579. The molecule has 0 aliphatic heterocycles. The van der Waals surface area contributed by atoms with Gasteiger partial charge in [-0.25, -0.2) is 0 Å². The van der Waals surface area contributed by atoms with Crippen molar-refractivity contribution < 1.29 is 0 Å². The van der Waals surface area contributed by atoms with Crippen molar-refractivity contribution in [2.75, 3.05) is 0 Å². The first kappa shape index (κ1) is 12.1. The summed E-state index contributed by atoms with van der Waals surface area (Å²) in [5.74, 6) is 5.26. The zero-order valence-corrected chi connectivity index (χ0v) is 12.0. The highest BCUT2D eigenvalue weighted by Gasteiger charge is 2.58. The van der Waals surface area contributed by atoms with Crippen molar-refractivity contribution in [3.63, 3.8) is 0 Å². The van der Waals surface area contributed by atoms with E-state index in [-0.39, 0.29) is 0 Å². The number of hydrogen-bond acceptors (Lipinski definition) is 0. The molecule has 4 unspecified atom stereocenters. The standard InChI is InChI=1S/C17H30/c1-12(2)17(3)15-10-6-4-8-13(15)14-9-5-7-11-16(14)17/h12-16H,4-11H2,1-3H3. The molecule has 0 spiro atoms. The highest BCUT2D eigenvalue weighted by atomic mass is 14.6. The SMILES string of the molecule is CC(C)C1(C)C2CCCCC2C2CCCCC21. The molecule has 0 heteroatoms. The zero-order chi connectivity index (χ0) is 12.0. The van der Waals surface area contributed by atoms with Crippen molar-refractivity contribution in [3.8, 4) is 0 Å². The smallest absolute Gasteiger partial charge is 0.0241 e. The molecule has 0 bridgehead atoms. The Morgan fingerprint density at radius 3 is 1.59 bits per heavy atom. The van der Waals surface area contributed by atoms with Crippen LogP contribution < -0.4 is 0 Å². The van der Waals surface area contributed by atoms with Crippen LogP contribution in [0.3, 0.4) is 0 Å². The highest BCUT2D eigenvalue weighted by Crippen LogP contribution is 2.65. The Bertz CT molecular complexity index is 256. The van der Waals surface area contributed by atoms with Crippen molar-refractivity contribution in [2.45, 2.75) is 72.1 Å². The summed E-state index contributed by atoms with van der Waals surface area (Å²) in [6.45, 7) is 7.67. The van der Waals surface area contributed by atoms with E-state index in [1.807, 2.05) is 0 Å². The van der Waals surface area contributed by atoms with Crippen molar-refractivity contribution in [1.82, 2.24) is 0 Å². The molecule has 0 aromatic carbocycles. The molecule has 4 atom stereocenters. The molecule has 0 radical (unpaired) electrons. The summed E-state index contributed by atoms with van der Waals surface area (Å²) in [7, 11) is 0. The van der Waals surface area contributed by atoms with Crippen LogP contribution in [0.25, 0.3) is 0 Å². The topological polar surface area (TPSA) is 0 Å². The Morgan fingerprint density at radius 2 is 1.18 bits per heavy atom. The van der Waals surface area contributed by atoms with E-state index in [4.69, 9.17) is 0 Å². The van der Waals surface area contributed by atoms with E-state index in [0.717, 1.165) is 29.6 Å². The number of hydrogen-bond donors (Lipinski definition) is 0. The van der Waals surface area contributed by atoms with E-state index < -0.39 is 0 Å². The fraction of sp³-hybridized carbons (Fsp3) is 1.00. The average molecular weight is 234 g/mol. The lowest BCUT2D eigenvalue weighted by molar-refractivity contribution is 0.0478. The molecule has 0 amide bonds. The molecule has 3 rings (SSSR count). The van der Waals surface area contributed by atoms with Gasteiger partial charge >= 0.3 is 0 Å². The van der Waals surface area contributed by atoms with Gasteiger partial charge in [0.15, 0.2) is 0 Å². The molecular formula is C17H30. The van der Waals surface area contributed by atoms with Gasteiger partial charge in [-0.3, -0.25) is 0 Å². The fourth-order valence-corrected chi connectivity index (χ4v) is 6.02. The molecule has 0 heterocycles. The minimum atomic E-state index is 0.677. The first-order chi connectivity index (χ1) is 8.15. The van der Waals surface area contributed by atoms with Gasteiger partial charge < -0.3 is 0 Å². The second-order valence-corrected chi connectivity index (χ2v) is 7.63. The average Bonchev–Trinajstić information content (AvgIpc) is 2.63. The Kier molecular flexibility index (Phi) is 3.04. The number of rotatable bonds is 1. The summed E-state index contributed by atoms with van der Waals surface area (Å²) in [4.78, 5) is 0. The van der Waals surface area contributed by atoms with Crippen LogP contribution in [0.5, 0.6) is 0 Å². The Morgan fingerprint density at radius 1 is 0.765 bits per heavy atom. The van der Waals surface area contributed by atoms with Gasteiger partial charge in [0, 0.05) is 0 Å². The van der Waals surface area contributed by atoms with Crippen LogP contribution in [0.1, 0.15) is 72.1 Å². The molecule has 3 aliphatic rings. The van der Waals surface area contributed by atoms with Crippen molar-refractivity contribution >= 4 is 0 Å². The van der Waals surface area contributed by atoms with E-state index in [0.29, 0.717) is 5.41 Å². The van der Waals surface area contributed by atoms with Crippen LogP contribution in [-0.2, 0) is 0 Å². The molecule has 0 nitrogen and oxygen atoms in total. The molecule has 0 aromatic heterocycles. The second-order valence-electron chi connectivity index (χ2n) is 7.63. The van der Waals surface area contributed by atoms with Crippen molar-refractivity contribution in [2.24, 2.45) is 35.0 Å². The maximum absolute atomic E-state index is 2.66. The third-order valence-corrected chi connectivity index (χ3v) is 7.03. The maximum Gasteiger partial charge on any atom is -0.0241 e. The van der Waals surface area contributed by atoms with Gasteiger partial charge in [0.05, 0.1) is 0 Å². The number of fused-ring (bicyclic) bond motifs is 3. The second kappa shape index (κ2) is 4.28. The Hall–Kier alpha value is 0. The Labute approximate surface area is 108 Å². The van der Waals surface area contributed by atoms with Crippen LogP contribution in [0.2, 0.25) is 0 Å². The molecular weight excluding hydrogens is 204 g/mol. The van der Waals surface area contributed by atoms with Gasteiger partial charge in [-0.2, -0.15) is 0 Å². The third kappa shape index (κ3) is 1.62. The lowest BCUT2D eigenvalue weighted by atomic mass is 9.61. The molecule has 17 heavy (non-hydrogen) atoms. The van der Waals surface area contributed by atoms with Crippen LogP contribution >= 0.6 is 0 Å². The molecule has 3 aliphatic carbocycles. The largest absolute Gasteiger partial charge is 0.0622 e. The lowest BCUT2D eigenvalue weighted by Crippen LogP contribution is -2.37. The van der Waals surface area contributed by atoms with Gasteiger partial charge in [0.2, 0.25) is 0 Å². The Balaban J connectivity index is 1.95. The van der Waals surface area contributed by atoms with E-state index in [9.17, 15) is 0 Å². The van der Waals surface area contributed by atoms with Crippen LogP contribution in [0.4, 0.5) is 0 Å². The fourth-order valence-electron chi connectivity index (χ4n) is 6.02. The summed E-state index contributed by atoms with van der Waals surface area (Å²) in [6, 6.07) is 0. The van der Waals surface area contributed by atoms with Gasteiger partial charge in [-0.1, -0.05) is 46.5 Å². The maximum atomic E-state index is 2.66. The van der Waals surface area contributed by atoms with Gasteiger partial charge in [-0.05, 0) is 60.7 Å². The van der Waals surface area contributed by atoms with Crippen molar-refractivity contribution in [3.05, 3.63) is 0 Å². The summed E-state index contributed by atoms with van der Waals surface area (Å²) in [5.41, 5.74) is 0.677. The molecule has 3 saturated carbocycles. The molecule has 0 aromatic rings. The normalized spacial score (nSPS) is 50.1. The molecule has 0 saturated heterocycles. The third-order valence-electron chi connectivity index (χ3n) is 7.03. The molecule has 0 N–H and O–H groups in total. The molecule has 98 valence electrons. The van der Waals surface area contributed by atoms with Crippen LogP contribution in [0, 0.1) is 35.0 Å². The predicted octanol–water partition coefficient (Wildman–Crippen LogP) is 5.28. The monoisotopic (exact) mass is 234 g/mol.